The second kappa shape index (κ2) is 5.95. The van der Waals surface area contributed by atoms with Crippen LogP contribution in [0.2, 0.25) is 0 Å². The number of carbonyl (C=O) groups is 2. The molecule has 1 aromatic heterocycles. The highest BCUT2D eigenvalue weighted by atomic mass is 16.5. The third kappa shape index (κ3) is 3.05. The summed E-state index contributed by atoms with van der Waals surface area (Å²) in [6.45, 7) is 7.45. The molecule has 2 rings (SSSR count). The minimum absolute atomic E-state index is 0.155. The highest BCUT2D eigenvalue weighted by molar-refractivity contribution is 5.90. The number of nitrogens with zero attached hydrogens (tertiary/aromatic N) is 1. The fourth-order valence-corrected chi connectivity index (χ4v) is 2.36. The number of benzene rings is 1. The van der Waals surface area contributed by atoms with Crippen LogP contribution in [0.25, 0.3) is 5.69 Å². The molecule has 1 aromatic carbocycles. The summed E-state index contributed by atoms with van der Waals surface area (Å²) in [6.07, 6.45) is 0.688. The van der Waals surface area contributed by atoms with Crippen LogP contribution in [0.5, 0.6) is 0 Å². The highest BCUT2D eigenvalue weighted by Crippen LogP contribution is 2.21. The van der Waals surface area contributed by atoms with Gasteiger partial charge in [-0.1, -0.05) is 6.07 Å². The van der Waals surface area contributed by atoms with Crippen LogP contribution in [-0.2, 0) is 4.74 Å². The summed E-state index contributed by atoms with van der Waals surface area (Å²) < 4.78 is 7.16. The molecule has 110 valence electrons. The van der Waals surface area contributed by atoms with E-state index in [-0.39, 0.29) is 12.1 Å². The Labute approximate surface area is 124 Å². The molecule has 1 heterocycles. The Balaban J connectivity index is 2.45. The molecule has 4 nitrogen and oxygen atoms in total. The molecule has 0 fully saturated rings. The summed E-state index contributed by atoms with van der Waals surface area (Å²) in [5.74, 6) is -0.343. The molecular weight excluding hydrogens is 266 g/mol. The SMILES string of the molecule is Cc1cc(C=O)c(C)n1-c1cccc(C(=O)OC(C)C)c1. The topological polar surface area (TPSA) is 48.3 Å². The number of aromatic nitrogens is 1. The fourth-order valence-electron chi connectivity index (χ4n) is 2.36. The lowest BCUT2D eigenvalue weighted by Crippen LogP contribution is -2.12. The van der Waals surface area contributed by atoms with Crippen molar-refractivity contribution in [1.29, 1.82) is 0 Å². The van der Waals surface area contributed by atoms with Gasteiger partial charge in [-0.15, -0.1) is 0 Å². The number of aldehydes is 1. The molecule has 0 amide bonds. The summed E-state index contributed by atoms with van der Waals surface area (Å²) >= 11 is 0. The molecule has 0 saturated heterocycles. The standard InChI is InChI=1S/C17H19NO3/c1-11(2)21-17(20)14-6-5-7-16(9-14)18-12(3)8-15(10-19)13(18)4/h5-11H,1-4H3. The Kier molecular flexibility index (Phi) is 4.26. The normalized spacial score (nSPS) is 10.7. The molecule has 0 aliphatic carbocycles. The predicted molar refractivity (Wildman–Crippen MR) is 81.2 cm³/mol. The van der Waals surface area contributed by atoms with Gasteiger partial charge in [-0.05, 0) is 52.0 Å². The molecule has 0 unspecified atom stereocenters. The van der Waals surface area contributed by atoms with Crippen molar-refractivity contribution in [2.24, 2.45) is 0 Å². The van der Waals surface area contributed by atoms with Crippen LogP contribution in [-0.4, -0.2) is 22.9 Å². The zero-order valence-corrected chi connectivity index (χ0v) is 12.7. The van der Waals surface area contributed by atoms with Crippen molar-refractivity contribution in [1.82, 2.24) is 4.57 Å². The van der Waals surface area contributed by atoms with E-state index in [2.05, 4.69) is 0 Å². The van der Waals surface area contributed by atoms with E-state index in [1.807, 2.05) is 50.5 Å². The van der Waals surface area contributed by atoms with Gasteiger partial charge in [0, 0.05) is 22.6 Å². The summed E-state index contributed by atoms with van der Waals surface area (Å²) in [5, 5.41) is 0. The van der Waals surface area contributed by atoms with Crippen LogP contribution in [0, 0.1) is 13.8 Å². The van der Waals surface area contributed by atoms with Gasteiger partial charge < -0.3 is 9.30 Å². The monoisotopic (exact) mass is 285 g/mol. The molecule has 0 spiro atoms. The molecule has 0 N–H and O–H groups in total. The fraction of sp³-hybridized carbons (Fsp3) is 0.294. The lowest BCUT2D eigenvalue weighted by Gasteiger charge is -2.12. The van der Waals surface area contributed by atoms with E-state index in [4.69, 9.17) is 4.74 Å². The Bertz CT molecular complexity index is 683. The molecule has 0 bridgehead atoms. The molecule has 4 heteroatoms. The van der Waals surface area contributed by atoms with Gasteiger partial charge in [-0.25, -0.2) is 4.79 Å². The molecule has 0 aliphatic rings. The maximum Gasteiger partial charge on any atom is 0.338 e. The van der Waals surface area contributed by atoms with E-state index in [0.29, 0.717) is 11.1 Å². The lowest BCUT2D eigenvalue weighted by atomic mass is 10.2. The molecule has 21 heavy (non-hydrogen) atoms. The van der Waals surface area contributed by atoms with E-state index in [9.17, 15) is 9.59 Å². The first-order chi connectivity index (χ1) is 9.93. The van der Waals surface area contributed by atoms with E-state index in [0.717, 1.165) is 23.4 Å². The third-order valence-corrected chi connectivity index (χ3v) is 3.28. The van der Waals surface area contributed by atoms with Crippen LogP contribution >= 0.6 is 0 Å². The van der Waals surface area contributed by atoms with Crippen molar-refractivity contribution >= 4 is 12.3 Å². The van der Waals surface area contributed by atoms with Crippen molar-refractivity contribution in [2.75, 3.05) is 0 Å². The maximum atomic E-state index is 12.0. The second-order valence-electron chi connectivity index (χ2n) is 5.28. The summed E-state index contributed by atoms with van der Waals surface area (Å²) in [4.78, 5) is 23.0. The van der Waals surface area contributed by atoms with Gasteiger partial charge in [0.1, 0.15) is 0 Å². The quantitative estimate of drug-likeness (QED) is 0.638. The van der Waals surface area contributed by atoms with Crippen molar-refractivity contribution < 1.29 is 14.3 Å². The van der Waals surface area contributed by atoms with E-state index in [1.54, 1.807) is 12.1 Å². The smallest absolute Gasteiger partial charge is 0.338 e. The largest absolute Gasteiger partial charge is 0.459 e. The minimum Gasteiger partial charge on any atom is -0.459 e. The van der Waals surface area contributed by atoms with Crippen LogP contribution in [0.3, 0.4) is 0 Å². The van der Waals surface area contributed by atoms with Crippen molar-refractivity contribution in [2.45, 2.75) is 33.8 Å². The average molecular weight is 285 g/mol. The Morgan fingerprint density at radius 1 is 1.24 bits per heavy atom. The van der Waals surface area contributed by atoms with Gasteiger partial charge in [0.25, 0.3) is 0 Å². The molecule has 2 aromatic rings. The van der Waals surface area contributed by atoms with Gasteiger partial charge in [-0.3, -0.25) is 4.79 Å². The molecule has 0 saturated carbocycles. The first kappa shape index (κ1) is 15.0. The molecule has 0 radical (unpaired) electrons. The van der Waals surface area contributed by atoms with Gasteiger partial charge in [0.05, 0.1) is 11.7 Å². The summed E-state index contributed by atoms with van der Waals surface area (Å²) in [7, 11) is 0. The van der Waals surface area contributed by atoms with Crippen LogP contribution in [0.4, 0.5) is 0 Å². The van der Waals surface area contributed by atoms with Crippen molar-refractivity contribution in [3.8, 4) is 5.69 Å². The Morgan fingerprint density at radius 3 is 2.52 bits per heavy atom. The Morgan fingerprint density at radius 2 is 1.95 bits per heavy atom. The maximum absolute atomic E-state index is 12.0. The number of esters is 1. The zero-order chi connectivity index (χ0) is 15.6. The lowest BCUT2D eigenvalue weighted by molar-refractivity contribution is 0.0378. The number of carbonyl (C=O) groups excluding carboxylic acids is 2. The minimum atomic E-state index is -0.343. The van der Waals surface area contributed by atoms with Gasteiger partial charge >= 0.3 is 5.97 Å². The number of hydrogen-bond donors (Lipinski definition) is 0. The van der Waals surface area contributed by atoms with Gasteiger partial charge in [-0.2, -0.15) is 0 Å². The molecule has 0 atom stereocenters. The van der Waals surface area contributed by atoms with Crippen LogP contribution in [0.1, 0.15) is 46.0 Å². The first-order valence-electron chi connectivity index (χ1n) is 6.89. The van der Waals surface area contributed by atoms with Gasteiger partial charge in [0.2, 0.25) is 0 Å². The number of rotatable bonds is 4. The van der Waals surface area contributed by atoms with Crippen LogP contribution in [0.15, 0.2) is 30.3 Å². The number of hydrogen-bond acceptors (Lipinski definition) is 3. The van der Waals surface area contributed by atoms with E-state index < -0.39 is 0 Å². The Hall–Kier alpha value is -2.36. The third-order valence-electron chi connectivity index (χ3n) is 3.28. The average Bonchev–Trinajstić information content (AvgIpc) is 2.72. The van der Waals surface area contributed by atoms with E-state index in [1.165, 1.54) is 0 Å². The van der Waals surface area contributed by atoms with Gasteiger partial charge in [0.15, 0.2) is 6.29 Å². The zero-order valence-electron chi connectivity index (χ0n) is 12.7. The number of aryl methyl sites for hydroxylation is 1. The highest BCUT2D eigenvalue weighted by Gasteiger charge is 2.13. The van der Waals surface area contributed by atoms with Crippen LogP contribution < -0.4 is 0 Å². The van der Waals surface area contributed by atoms with Crippen molar-refractivity contribution in [3.63, 3.8) is 0 Å². The molecular formula is C17H19NO3. The number of ether oxygens (including phenoxy) is 1. The summed E-state index contributed by atoms with van der Waals surface area (Å²) in [5.41, 5.74) is 3.81. The second-order valence-corrected chi connectivity index (χ2v) is 5.28. The first-order valence-corrected chi connectivity index (χ1v) is 6.89. The summed E-state index contributed by atoms with van der Waals surface area (Å²) in [6, 6.07) is 9.05. The molecule has 0 aliphatic heterocycles. The van der Waals surface area contributed by atoms with Crippen molar-refractivity contribution in [3.05, 3.63) is 52.8 Å². The predicted octanol–water partition coefficient (Wildman–Crippen LogP) is 3.47. The van der Waals surface area contributed by atoms with E-state index >= 15 is 0 Å².